The Kier molecular flexibility index (Phi) is 3.39. The summed E-state index contributed by atoms with van der Waals surface area (Å²) in [5, 5.41) is 13.1. The molecule has 1 heterocycles. The number of rotatable bonds is 2. The van der Waals surface area contributed by atoms with E-state index in [1.165, 1.54) is 18.2 Å². The number of carboxylic acid groups (broad SMARTS) is 1. The first-order chi connectivity index (χ1) is 9.29. The highest BCUT2D eigenvalue weighted by Gasteiger charge is 2.36. The molecule has 0 bridgehead atoms. The number of hydrogen-bond donors (Lipinski definition) is 3. The molecule has 0 saturated heterocycles. The van der Waals surface area contributed by atoms with Crippen molar-refractivity contribution in [2.24, 2.45) is 0 Å². The van der Waals surface area contributed by atoms with Crippen LogP contribution in [-0.2, 0) is 11.0 Å². The van der Waals surface area contributed by atoms with Gasteiger partial charge < -0.3 is 15.7 Å². The number of urea groups is 1. The minimum Gasteiger partial charge on any atom is -0.477 e. The fourth-order valence-electron chi connectivity index (χ4n) is 1.87. The third-order valence-corrected chi connectivity index (χ3v) is 2.70. The van der Waals surface area contributed by atoms with Crippen LogP contribution in [0.2, 0.25) is 0 Å². The lowest BCUT2D eigenvalue weighted by Crippen LogP contribution is -2.43. The summed E-state index contributed by atoms with van der Waals surface area (Å²) in [4.78, 5) is 22.1. The quantitative estimate of drug-likeness (QED) is 0.778. The van der Waals surface area contributed by atoms with Crippen LogP contribution < -0.4 is 10.6 Å². The first-order valence-electron chi connectivity index (χ1n) is 5.48. The molecule has 5 nitrogen and oxygen atoms in total. The normalized spacial score (nSPS) is 18.9. The lowest BCUT2D eigenvalue weighted by Gasteiger charge is -2.24. The van der Waals surface area contributed by atoms with E-state index < -0.39 is 35.5 Å². The smallest absolute Gasteiger partial charge is 0.416 e. The van der Waals surface area contributed by atoms with Gasteiger partial charge >= 0.3 is 18.2 Å². The van der Waals surface area contributed by atoms with Crippen LogP contribution in [0.25, 0.3) is 0 Å². The van der Waals surface area contributed by atoms with Gasteiger partial charge in [-0.05, 0) is 17.7 Å². The molecule has 0 aliphatic carbocycles. The summed E-state index contributed by atoms with van der Waals surface area (Å²) in [6.07, 6.45) is -3.57. The van der Waals surface area contributed by atoms with E-state index in [1.54, 1.807) is 0 Å². The Morgan fingerprint density at radius 2 is 1.90 bits per heavy atom. The number of halogens is 3. The minimum atomic E-state index is -4.59. The molecule has 2 rings (SSSR count). The van der Waals surface area contributed by atoms with Crippen LogP contribution in [0.1, 0.15) is 17.2 Å². The maximum atomic E-state index is 12.9. The topological polar surface area (TPSA) is 78.4 Å². The molecule has 1 aromatic carbocycles. The summed E-state index contributed by atoms with van der Waals surface area (Å²) in [5.74, 6) is -1.42. The number of benzene rings is 1. The van der Waals surface area contributed by atoms with Crippen molar-refractivity contribution in [1.82, 2.24) is 10.6 Å². The van der Waals surface area contributed by atoms with Crippen molar-refractivity contribution in [2.75, 3.05) is 0 Å². The van der Waals surface area contributed by atoms with E-state index in [2.05, 4.69) is 5.32 Å². The van der Waals surface area contributed by atoms with Gasteiger partial charge in [0.15, 0.2) is 0 Å². The van der Waals surface area contributed by atoms with Gasteiger partial charge in [-0.2, -0.15) is 13.2 Å². The number of amides is 2. The summed E-state index contributed by atoms with van der Waals surface area (Å²) >= 11 is 0. The number of carbonyl (C=O) groups is 2. The molecule has 2 amide bonds. The molecule has 8 heteroatoms. The van der Waals surface area contributed by atoms with Gasteiger partial charge in [-0.3, -0.25) is 0 Å². The van der Waals surface area contributed by atoms with Gasteiger partial charge in [0.05, 0.1) is 11.6 Å². The predicted octanol–water partition coefficient (Wildman–Crippen LogP) is 2.03. The Labute approximate surface area is 111 Å². The number of aliphatic carboxylic acids is 1. The minimum absolute atomic E-state index is 0.214. The Balaban J connectivity index is 2.49. The van der Waals surface area contributed by atoms with Crippen LogP contribution in [0.15, 0.2) is 36.0 Å². The average molecular weight is 286 g/mol. The number of carboxylic acids is 1. The molecular formula is C12H9F3N2O3. The summed E-state index contributed by atoms with van der Waals surface area (Å²) in [6, 6.07) is 2.64. The predicted molar refractivity (Wildman–Crippen MR) is 61.6 cm³/mol. The maximum Gasteiger partial charge on any atom is 0.416 e. The van der Waals surface area contributed by atoms with Crippen molar-refractivity contribution in [3.63, 3.8) is 0 Å². The van der Waals surface area contributed by atoms with Gasteiger partial charge in [0, 0.05) is 0 Å². The number of hydrogen-bond acceptors (Lipinski definition) is 2. The van der Waals surface area contributed by atoms with Crippen LogP contribution in [0.4, 0.5) is 18.0 Å². The van der Waals surface area contributed by atoms with Crippen molar-refractivity contribution >= 4 is 12.0 Å². The molecule has 0 fully saturated rings. The molecule has 106 valence electrons. The Morgan fingerprint density at radius 3 is 2.50 bits per heavy atom. The molecule has 3 N–H and O–H groups in total. The summed E-state index contributed by atoms with van der Waals surface area (Å²) in [6.45, 7) is 0. The lowest BCUT2D eigenvalue weighted by atomic mass is 9.98. The van der Waals surface area contributed by atoms with Crippen molar-refractivity contribution in [3.8, 4) is 0 Å². The zero-order valence-electron chi connectivity index (χ0n) is 9.86. The molecule has 1 aromatic rings. The molecule has 0 spiro atoms. The molecule has 0 aromatic heterocycles. The maximum absolute atomic E-state index is 12.9. The van der Waals surface area contributed by atoms with Gasteiger partial charge in [0.2, 0.25) is 0 Å². The second-order valence-corrected chi connectivity index (χ2v) is 4.05. The second kappa shape index (κ2) is 4.87. The van der Waals surface area contributed by atoms with Crippen LogP contribution >= 0.6 is 0 Å². The van der Waals surface area contributed by atoms with Gasteiger partial charge in [-0.25, -0.2) is 9.59 Å². The number of carbonyl (C=O) groups excluding carboxylic acids is 1. The standard InChI is InChI=1S/C12H9F3N2O3/c13-12(14,15)7-4-2-1-3-6(7)8-5-9(10(18)19)17-11(20)16-8/h1-5,8H,(H,18,19)(H2,16,17,20)/t8-/m0/s1. The highest BCUT2D eigenvalue weighted by Crippen LogP contribution is 2.35. The monoisotopic (exact) mass is 286 g/mol. The number of nitrogens with one attached hydrogen (secondary N) is 2. The van der Waals surface area contributed by atoms with Crippen LogP contribution in [0, 0.1) is 0 Å². The van der Waals surface area contributed by atoms with E-state index in [4.69, 9.17) is 5.11 Å². The van der Waals surface area contributed by atoms with Gasteiger partial charge in [0.25, 0.3) is 0 Å². The third-order valence-electron chi connectivity index (χ3n) is 2.70. The zero-order chi connectivity index (χ0) is 14.9. The van der Waals surface area contributed by atoms with Crippen molar-refractivity contribution in [2.45, 2.75) is 12.2 Å². The summed E-state index contributed by atoms with van der Waals surface area (Å²) in [5.41, 5.74) is -1.60. The second-order valence-electron chi connectivity index (χ2n) is 4.05. The first kappa shape index (κ1) is 13.9. The van der Waals surface area contributed by atoms with E-state index in [-0.39, 0.29) is 5.56 Å². The van der Waals surface area contributed by atoms with E-state index in [1.807, 2.05) is 5.32 Å². The van der Waals surface area contributed by atoms with E-state index >= 15 is 0 Å². The Bertz CT molecular complexity index is 596. The van der Waals surface area contributed by atoms with Gasteiger partial charge in [-0.15, -0.1) is 0 Å². The van der Waals surface area contributed by atoms with E-state index in [0.717, 1.165) is 12.1 Å². The fraction of sp³-hybridized carbons (Fsp3) is 0.167. The zero-order valence-corrected chi connectivity index (χ0v) is 9.86. The van der Waals surface area contributed by atoms with E-state index in [9.17, 15) is 22.8 Å². The van der Waals surface area contributed by atoms with Crippen LogP contribution in [-0.4, -0.2) is 17.1 Å². The largest absolute Gasteiger partial charge is 0.477 e. The Morgan fingerprint density at radius 1 is 1.25 bits per heavy atom. The SMILES string of the molecule is O=C1NC(C(=O)O)=C[C@@H](c2ccccc2C(F)(F)F)N1. The number of alkyl halides is 3. The van der Waals surface area contributed by atoms with Crippen molar-refractivity contribution in [3.05, 3.63) is 47.2 Å². The van der Waals surface area contributed by atoms with Gasteiger partial charge in [0.1, 0.15) is 5.70 Å². The third kappa shape index (κ3) is 2.73. The molecule has 0 unspecified atom stereocenters. The van der Waals surface area contributed by atoms with Gasteiger partial charge in [-0.1, -0.05) is 18.2 Å². The molecule has 1 aliphatic heterocycles. The lowest BCUT2D eigenvalue weighted by molar-refractivity contribution is -0.138. The molecule has 1 aliphatic rings. The highest BCUT2D eigenvalue weighted by molar-refractivity contribution is 5.93. The highest BCUT2D eigenvalue weighted by atomic mass is 19.4. The van der Waals surface area contributed by atoms with Crippen LogP contribution in [0.3, 0.4) is 0 Å². The van der Waals surface area contributed by atoms with E-state index in [0.29, 0.717) is 0 Å². The molecule has 20 heavy (non-hydrogen) atoms. The molecule has 0 saturated carbocycles. The summed E-state index contributed by atoms with van der Waals surface area (Å²) in [7, 11) is 0. The Hall–Kier alpha value is -2.51. The average Bonchev–Trinajstić information content (AvgIpc) is 2.37. The molecule has 1 atom stereocenters. The van der Waals surface area contributed by atoms with Crippen LogP contribution in [0.5, 0.6) is 0 Å². The molecule has 0 radical (unpaired) electrons. The first-order valence-corrected chi connectivity index (χ1v) is 5.48. The fourth-order valence-corrected chi connectivity index (χ4v) is 1.87. The van der Waals surface area contributed by atoms with Crippen molar-refractivity contribution in [1.29, 1.82) is 0 Å². The molecular weight excluding hydrogens is 277 g/mol. The summed E-state index contributed by atoms with van der Waals surface area (Å²) < 4.78 is 38.7. The van der Waals surface area contributed by atoms with Crippen molar-refractivity contribution < 1.29 is 27.9 Å².